The van der Waals surface area contributed by atoms with E-state index in [1.54, 1.807) is 18.2 Å². The van der Waals surface area contributed by atoms with Gasteiger partial charge in [0, 0.05) is 6.61 Å². The predicted octanol–water partition coefficient (Wildman–Crippen LogP) is 0.323. The molecule has 3 N–H and O–H groups in total. The monoisotopic (exact) mass is 315 g/mol. The van der Waals surface area contributed by atoms with Crippen LogP contribution in [0.4, 0.5) is 0 Å². The summed E-state index contributed by atoms with van der Waals surface area (Å²) >= 11 is 0.917. The number of aliphatic hydroxyl groups excluding tert-OH is 2. The Labute approximate surface area is 125 Å². The van der Waals surface area contributed by atoms with Gasteiger partial charge in [0.1, 0.15) is 6.10 Å². The largest absolute Gasteiger partial charge is 0.444 e. The SMILES string of the molecule is O=C1OC23C(=CC=CC2OC1CCCCO)SN(O)C3O. The topological polar surface area (TPSA) is 99.5 Å². The van der Waals surface area contributed by atoms with E-state index in [0.717, 1.165) is 11.9 Å². The molecule has 0 aromatic heterocycles. The summed E-state index contributed by atoms with van der Waals surface area (Å²) in [5.41, 5.74) is -1.39. The van der Waals surface area contributed by atoms with Gasteiger partial charge in [-0.3, -0.25) is 0 Å². The number of nitrogens with zero attached hydrogens (tertiary/aromatic N) is 1. The van der Waals surface area contributed by atoms with E-state index in [4.69, 9.17) is 14.6 Å². The van der Waals surface area contributed by atoms with E-state index in [1.807, 2.05) is 0 Å². The van der Waals surface area contributed by atoms with Crippen molar-refractivity contribution >= 4 is 17.9 Å². The Morgan fingerprint density at radius 3 is 3.00 bits per heavy atom. The molecule has 2 aliphatic heterocycles. The minimum atomic E-state index is -1.39. The zero-order valence-corrected chi connectivity index (χ0v) is 12.0. The lowest BCUT2D eigenvalue weighted by Crippen LogP contribution is -2.62. The number of hydrogen-bond acceptors (Lipinski definition) is 8. The molecule has 4 unspecified atom stereocenters. The highest BCUT2D eigenvalue weighted by atomic mass is 32.2. The van der Waals surface area contributed by atoms with Gasteiger partial charge < -0.3 is 24.9 Å². The Morgan fingerprint density at radius 2 is 2.24 bits per heavy atom. The van der Waals surface area contributed by atoms with Gasteiger partial charge in [-0.05, 0) is 37.3 Å². The molecule has 21 heavy (non-hydrogen) atoms. The van der Waals surface area contributed by atoms with Crippen LogP contribution in [-0.4, -0.2) is 56.5 Å². The molecule has 116 valence electrons. The summed E-state index contributed by atoms with van der Waals surface area (Å²) < 4.78 is 11.9. The minimum absolute atomic E-state index is 0.0662. The smallest absolute Gasteiger partial charge is 0.336 e. The Hall–Kier alpha value is -0.900. The maximum atomic E-state index is 12.2. The number of unbranched alkanes of at least 4 members (excludes halogenated alkanes) is 1. The van der Waals surface area contributed by atoms with Gasteiger partial charge in [-0.25, -0.2) is 4.79 Å². The number of ether oxygens (including phenoxy) is 2. The van der Waals surface area contributed by atoms with Crippen LogP contribution in [0.3, 0.4) is 0 Å². The number of rotatable bonds is 4. The molecule has 0 saturated carbocycles. The van der Waals surface area contributed by atoms with Gasteiger partial charge in [0.2, 0.25) is 5.60 Å². The summed E-state index contributed by atoms with van der Waals surface area (Å²) in [6.07, 6.45) is 4.08. The van der Waals surface area contributed by atoms with Crippen molar-refractivity contribution in [1.29, 1.82) is 0 Å². The number of aliphatic hydroxyl groups is 2. The Balaban J connectivity index is 1.80. The number of carbonyl (C=O) groups is 1. The maximum absolute atomic E-state index is 12.2. The lowest BCUT2D eigenvalue weighted by molar-refractivity contribution is -0.257. The van der Waals surface area contributed by atoms with Crippen LogP contribution in [0.2, 0.25) is 0 Å². The summed E-state index contributed by atoms with van der Waals surface area (Å²) in [6.45, 7) is 0.0662. The maximum Gasteiger partial charge on any atom is 0.336 e. The highest BCUT2D eigenvalue weighted by Crippen LogP contribution is 2.51. The van der Waals surface area contributed by atoms with Crippen LogP contribution in [-0.2, 0) is 14.3 Å². The van der Waals surface area contributed by atoms with E-state index in [0.29, 0.717) is 28.6 Å². The first-order valence-electron chi connectivity index (χ1n) is 6.82. The van der Waals surface area contributed by atoms with Crippen molar-refractivity contribution in [3.05, 3.63) is 23.1 Å². The first kappa shape index (κ1) is 15.0. The van der Waals surface area contributed by atoms with Crippen molar-refractivity contribution in [3.8, 4) is 0 Å². The van der Waals surface area contributed by atoms with E-state index in [-0.39, 0.29) is 6.61 Å². The van der Waals surface area contributed by atoms with Gasteiger partial charge in [-0.1, -0.05) is 16.6 Å². The molecule has 0 aromatic rings. The van der Waals surface area contributed by atoms with E-state index >= 15 is 0 Å². The van der Waals surface area contributed by atoms with E-state index in [1.165, 1.54) is 0 Å². The van der Waals surface area contributed by atoms with Crippen LogP contribution < -0.4 is 0 Å². The fraction of sp³-hybridized carbons (Fsp3) is 0.615. The van der Waals surface area contributed by atoms with Gasteiger partial charge in [0.05, 0.1) is 4.91 Å². The van der Waals surface area contributed by atoms with Crippen molar-refractivity contribution in [3.63, 3.8) is 0 Å². The number of allylic oxidation sites excluding steroid dienone is 2. The molecule has 0 amide bonds. The predicted molar refractivity (Wildman–Crippen MR) is 72.9 cm³/mol. The van der Waals surface area contributed by atoms with Crippen LogP contribution in [0.15, 0.2) is 23.1 Å². The molecule has 2 fully saturated rings. The van der Waals surface area contributed by atoms with Crippen LogP contribution in [0.25, 0.3) is 0 Å². The van der Waals surface area contributed by atoms with Crippen LogP contribution in [0, 0.1) is 0 Å². The second kappa shape index (κ2) is 5.71. The number of hydroxylamine groups is 1. The first-order valence-corrected chi connectivity index (χ1v) is 7.59. The molecule has 3 aliphatic rings. The van der Waals surface area contributed by atoms with E-state index in [9.17, 15) is 15.1 Å². The van der Waals surface area contributed by atoms with Crippen molar-refractivity contribution in [2.45, 2.75) is 43.3 Å². The molecule has 1 aliphatic carbocycles. The fourth-order valence-electron chi connectivity index (χ4n) is 2.75. The normalized spacial score (nSPS) is 38.7. The summed E-state index contributed by atoms with van der Waals surface area (Å²) in [5.74, 6) is -0.555. The quantitative estimate of drug-likeness (QED) is 0.388. The third-order valence-corrected chi connectivity index (χ3v) is 4.88. The molecule has 8 heteroatoms. The molecular weight excluding hydrogens is 298 g/mol. The molecule has 1 spiro atoms. The highest BCUT2D eigenvalue weighted by Gasteiger charge is 2.63. The average Bonchev–Trinajstić information content (AvgIpc) is 2.71. The molecule has 0 radical (unpaired) electrons. The average molecular weight is 315 g/mol. The molecule has 3 rings (SSSR count). The lowest BCUT2D eigenvalue weighted by atomic mass is 9.88. The first-order chi connectivity index (χ1) is 10.1. The Bertz CT molecular complexity index is 495. The fourth-order valence-corrected chi connectivity index (χ4v) is 3.75. The molecule has 0 bridgehead atoms. The molecule has 2 saturated heterocycles. The number of esters is 1. The van der Waals surface area contributed by atoms with Crippen molar-refractivity contribution in [2.75, 3.05) is 6.61 Å². The van der Waals surface area contributed by atoms with Crippen LogP contribution >= 0.6 is 11.9 Å². The van der Waals surface area contributed by atoms with Crippen LogP contribution in [0.1, 0.15) is 19.3 Å². The van der Waals surface area contributed by atoms with E-state index in [2.05, 4.69) is 0 Å². The number of carbonyl (C=O) groups excluding carboxylic acids is 1. The summed E-state index contributed by atoms with van der Waals surface area (Å²) in [6, 6.07) is 0. The Morgan fingerprint density at radius 1 is 1.43 bits per heavy atom. The molecule has 2 heterocycles. The zero-order valence-electron chi connectivity index (χ0n) is 11.2. The second-order valence-corrected chi connectivity index (χ2v) is 6.16. The standard InChI is InChI=1S/C13H17NO6S/c15-7-2-1-4-8-11(16)20-13-9(19-8)5-3-6-10(13)21-14(18)12(13)17/h3,5-6,8-9,12,15,17-18H,1-2,4,7H2. The molecular formula is C13H17NO6S. The summed E-state index contributed by atoms with van der Waals surface area (Å²) in [4.78, 5) is 12.7. The second-order valence-electron chi connectivity index (χ2n) is 5.16. The van der Waals surface area contributed by atoms with Gasteiger partial charge in [-0.2, -0.15) is 0 Å². The van der Waals surface area contributed by atoms with Gasteiger partial charge >= 0.3 is 5.97 Å². The van der Waals surface area contributed by atoms with Crippen molar-refractivity contribution < 1.29 is 29.7 Å². The third-order valence-electron chi connectivity index (χ3n) is 3.84. The van der Waals surface area contributed by atoms with Crippen LogP contribution in [0.5, 0.6) is 0 Å². The summed E-state index contributed by atoms with van der Waals surface area (Å²) in [7, 11) is 0. The third kappa shape index (κ3) is 2.32. The molecule has 0 aromatic carbocycles. The highest BCUT2D eigenvalue weighted by molar-refractivity contribution is 8.01. The van der Waals surface area contributed by atoms with Gasteiger partial charge in [-0.15, -0.1) is 0 Å². The van der Waals surface area contributed by atoms with Crippen molar-refractivity contribution in [2.24, 2.45) is 0 Å². The lowest BCUT2D eigenvalue weighted by Gasteiger charge is -2.44. The number of hydrogen-bond donors (Lipinski definition) is 3. The Kier molecular flexibility index (Phi) is 4.08. The van der Waals surface area contributed by atoms with E-state index < -0.39 is 30.0 Å². The van der Waals surface area contributed by atoms with Gasteiger partial charge in [0.25, 0.3) is 0 Å². The molecule has 7 nitrogen and oxygen atoms in total. The van der Waals surface area contributed by atoms with Crippen molar-refractivity contribution in [1.82, 2.24) is 4.47 Å². The molecule has 4 atom stereocenters. The summed E-state index contributed by atoms with van der Waals surface area (Å²) in [5, 5.41) is 28.7. The van der Waals surface area contributed by atoms with Gasteiger partial charge in [0.15, 0.2) is 12.3 Å². The zero-order chi connectivity index (χ0) is 15.0. The minimum Gasteiger partial charge on any atom is -0.444 e.